The van der Waals surface area contributed by atoms with E-state index in [1.807, 2.05) is 6.07 Å². The van der Waals surface area contributed by atoms with Crippen molar-refractivity contribution in [1.82, 2.24) is 0 Å². The summed E-state index contributed by atoms with van der Waals surface area (Å²) in [7, 11) is 0. The summed E-state index contributed by atoms with van der Waals surface area (Å²) in [6.07, 6.45) is -2.16. The highest BCUT2D eigenvalue weighted by molar-refractivity contribution is 5.53. The number of piperidine rings is 1. The number of hydrogen-bond acceptors (Lipinski definition) is 1. The van der Waals surface area contributed by atoms with Gasteiger partial charge in [-0.1, -0.05) is 33.8 Å². The first kappa shape index (κ1) is 17.2. The van der Waals surface area contributed by atoms with Gasteiger partial charge in [0.25, 0.3) is 0 Å². The normalized spacial score (nSPS) is 17.6. The third-order valence-electron chi connectivity index (χ3n) is 4.81. The summed E-state index contributed by atoms with van der Waals surface area (Å²) in [5.41, 5.74) is 0.609. The van der Waals surface area contributed by atoms with Crippen molar-refractivity contribution >= 4 is 5.69 Å². The van der Waals surface area contributed by atoms with Crippen LogP contribution in [0.4, 0.5) is 18.9 Å². The van der Waals surface area contributed by atoms with Gasteiger partial charge >= 0.3 is 6.18 Å². The van der Waals surface area contributed by atoms with E-state index >= 15 is 0 Å². The highest BCUT2D eigenvalue weighted by atomic mass is 19.4. The second kappa shape index (κ2) is 6.51. The first-order valence-corrected chi connectivity index (χ1v) is 8.16. The third-order valence-corrected chi connectivity index (χ3v) is 4.81. The summed E-state index contributed by atoms with van der Waals surface area (Å²) >= 11 is 0. The SMILES string of the molecule is CC(C)c1ccc(N2CCC(C(C)C)CC2)cc1C(F)(F)F. The smallest absolute Gasteiger partial charge is 0.372 e. The van der Waals surface area contributed by atoms with Crippen molar-refractivity contribution in [3.63, 3.8) is 0 Å². The number of benzene rings is 1. The lowest BCUT2D eigenvalue weighted by Crippen LogP contribution is -2.35. The van der Waals surface area contributed by atoms with E-state index in [1.165, 1.54) is 6.07 Å². The Bertz CT molecular complexity index is 498. The van der Waals surface area contributed by atoms with Gasteiger partial charge in [0.2, 0.25) is 0 Å². The Balaban J connectivity index is 2.23. The van der Waals surface area contributed by atoms with Gasteiger partial charge < -0.3 is 4.90 Å². The Kier molecular flexibility index (Phi) is 5.08. The molecule has 124 valence electrons. The van der Waals surface area contributed by atoms with Crippen LogP contribution in [0.15, 0.2) is 18.2 Å². The van der Waals surface area contributed by atoms with E-state index in [2.05, 4.69) is 18.7 Å². The highest BCUT2D eigenvalue weighted by Crippen LogP contribution is 2.38. The Morgan fingerprint density at radius 2 is 1.64 bits per heavy atom. The predicted octanol–water partition coefficient (Wildman–Crippen LogP) is 5.70. The molecule has 0 atom stereocenters. The topological polar surface area (TPSA) is 3.24 Å². The summed E-state index contributed by atoms with van der Waals surface area (Å²) in [5.74, 6) is 1.21. The number of anilines is 1. The van der Waals surface area contributed by atoms with Gasteiger partial charge in [-0.2, -0.15) is 13.2 Å². The monoisotopic (exact) mass is 313 g/mol. The van der Waals surface area contributed by atoms with Crippen molar-refractivity contribution in [2.75, 3.05) is 18.0 Å². The van der Waals surface area contributed by atoms with E-state index in [1.54, 1.807) is 19.9 Å². The van der Waals surface area contributed by atoms with Gasteiger partial charge in [-0.05, 0) is 48.3 Å². The van der Waals surface area contributed by atoms with E-state index < -0.39 is 11.7 Å². The number of rotatable bonds is 3. The second-order valence-electron chi connectivity index (χ2n) is 6.99. The van der Waals surface area contributed by atoms with Crippen LogP contribution in [0.3, 0.4) is 0 Å². The Morgan fingerprint density at radius 1 is 1.05 bits per heavy atom. The predicted molar refractivity (Wildman–Crippen MR) is 85.3 cm³/mol. The summed E-state index contributed by atoms with van der Waals surface area (Å²) in [4.78, 5) is 2.10. The standard InChI is InChI=1S/C18H26F3N/c1-12(2)14-7-9-22(10-8-14)15-5-6-16(13(3)4)17(11-15)18(19,20)21/h5-6,11-14H,7-10H2,1-4H3. The van der Waals surface area contributed by atoms with Gasteiger partial charge in [-0.3, -0.25) is 0 Å². The molecule has 2 rings (SSSR count). The largest absolute Gasteiger partial charge is 0.416 e. The van der Waals surface area contributed by atoms with Gasteiger partial charge in [0, 0.05) is 18.8 Å². The van der Waals surface area contributed by atoms with Crippen LogP contribution in [0.1, 0.15) is 57.6 Å². The van der Waals surface area contributed by atoms with Gasteiger partial charge in [0.05, 0.1) is 5.56 Å². The fraction of sp³-hybridized carbons (Fsp3) is 0.667. The molecule has 0 spiro atoms. The summed E-state index contributed by atoms with van der Waals surface area (Å²) in [6, 6.07) is 4.84. The van der Waals surface area contributed by atoms with Crippen molar-refractivity contribution in [3.8, 4) is 0 Å². The molecule has 1 aliphatic rings. The van der Waals surface area contributed by atoms with E-state index in [4.69, 9.17) is 0 Å². The molecule has 1 aliphatic heterocycles. The first-order chi connectivity index (χ1) is 10.2. The van der Waals surface area contributed by atoms with Crippen LogP contribution in [0.2, 0.25) is 0 Å². The van der Waals surface area contributed by atoms with Crippen LogP contribution in [0.25, 0.3) is 0 Å². The van der Waals surface area contributed by atoms with Crippen molar-refractivity contribution in [1.29, 1.82) is 0 Å². The molecule has 1 saturated heterocycles. The fourth-order valence-electron chi connectivity index (χ4n) is 3.31. The molecule has 0 N–H and O–H groups in total. The van der Waals surface area contributed by atoms with Crippen LogP contribution in [-0.2, 0) is 6.18 Å². The average Bonchev–Trinajstić information content (AvgIpc) is 2.45. The molecule has 1 aromatic carbocycles. The highest BCUT2D eigenvalue weighted by Gasteiger charge is 2.35. The summed E-state index contributed by atoms with van der Waals surface area (Å²) < 4.78 is 39.9. The first-order valence-electron chi connectivity index (χ1n) is 8.16. The lowest BCUT2D eigenvalue weighted by atomic mass is 9.86. The van der Waals surface area contributed by atoms with E-state index in [0.29, 0.717) is 23.1 Å². The Morgan fingerprint density at radius 3 is 2.09 bits per heavy atom. The molecule has 0 unspecified atom stereocenters. The van der Waals surface area contributed by atoms with Crippen LogP contribution in [-0.4, -0.2) is 13.1 Å². The molecule has 1 fully saturated rings. The third kappa shape index (κ3) is 3.76. The van der Waals surface area contributed by atoms with Crippen LogP contribution < -0.4 is 4.90 Å². The molecular weight excluding hydrogens is 287 g/mol. The lowest BCUT2D eigenvalue weighted by molar-refractivity contribution is -0.138. The van der Waals surface area contributed by atoms with Gasteiger partial charge in [0.1, 0.15) is 0 Å². The van der Waals surface area contributed by atoms with E-state index in [9.17, 15) is 13.2 Å². The van der Waals surface area contributed by atoms with E-state index in [0.717, 1.165) is 25.9 Å². The van der Waals surface area contributed by atoms with Crippen LogP contribution in [0, 0.1) is 11.8 Å². The van der Waals surface area contributed by atoms with Crippen molar-refractivity contribution in [3.05, 3.63) is 29.3 Å². The quantitative estimate of drug-likeness (QED) is 0.691. The zero-order valence-electron chi connectivity index (χ0n) is 13.9. The fourth-order valence-corrected chi connectivity index (χ4v) is 3.31. The van der Waals surface area contributed by atoms with Crippen LogP contribution in [0.5, 0.6) is 0 Å². The summed E-state index contributed by atoms with van der Waals surface area (Å²) in [6.45, 7) is 9.75. The Labute approximate surface area is 131 Å². The molecule has 22 heavy (non-hydrogen) atoms. The van der Waals surface area contributed by atoms with Crippen molar-refractivity contribution in [2.24, 2.45) is 11.8 Å². The molecule has 1 nitrogen and oxygen atoms in total. The molecule has 0 radical (unpaired) electrons. The number of halogens is 3. The van der Waals surface area contributed by atoms with Gasteiger partial charge in [-0.15, -0.1) is 0 Å². The molecule has 1 aromatic rings. The Hall–Kier alpha value is -1.19. The molecule has 4 heteroatoms. The average molecular weight is 313 g/mol. The minimum absolute atomic E-state index is 0.127. The summed E-state index contributed by atoms with van der Waals surface area (Å²) in [5, 5.41) is 0. The minimum Gasteiger partial charge on any atom is -0.372 e. The maximum atomic E-state index is 13.3. The lowest BCUT2D eigenvalue weighted by Gasteiger charge is -2.35. The molecule has 0 amide bonds. The zero-order valence-corrected chi connectivity index (χ0v) is 13.9. The van der Waals surface area contributed by atoms with Crippen molar-refractivity contribution in [2.45, 2.75) is 52.6 Å². The number of alkyl halides is 3. The van der Waals surface area contributed by atoms with Crippen molar-refractivity contribution < 1.29 is 13.2 Å². The zero-order chi connectivity index (χ0) is 16.5. The molecule has 0 aliphatic carbocycles. The molecular formula is C18H26F3N. The number of nitrogens with zero attached hydrogens (tertiary/aromatic N) is 1. The second-order valence-corrected chi connectivity index (χ2v) is 6.99. The molecule has 0 bridgehead atoms. The maximum Gasteiger partial charge on any atom is 0.416 e. The minimum atomic E-state index is -4.29. The van der Waals surface area contributed by atoms with E-state index in [-0.39, 0.29) is 5.92 Å². The molecule has 1 heterocycles. The maximum absolute atomic E-state index is 13.3. The van der Waals surface area contributed by atoms with Gasteiger partial charge in [-0.25, -0.2) is 0 Å². The molecule has 0 aromatic heterocycles. The molecule has 0 saturated carbocycles. The van der Waals surface area contributed by atoms with Gasteiger partial charge in [0.15, 0.2) is 0 Å². The number of hydrogen-bond donors (Lipinski definition) is 0. The van der Waals surface area contributed by atoms with Crippen LogP contribution >= 0.6 is 0 Å².